The molecule has 0 unspecified atom stereocenters. The molecule has 1 aromatic carbocycles. The van der Waals surface area contributed by atoms with E-state index in [9.17, 15) is 0 Å². The van der Waals surface area contributed by atoms with E-state index in [1.807, 2.05) is 43.3 Å². The van der Waals surface area contributed by atoms with Crippen LogP contribution in [0.5, 0.6) is 0 Å². The normalized spacial score (nSPS) is 10.6. The molecule has 2 aromatic heterocycles. The number of hydrogen-bond donors (Lipinski definition) is 0. The Balaban J connectivity index is 2.12. The van der Waals surface area contributed by atoms with Gasteiger partial charge in [-0.05, 0) is 30.7 Å². The van der Waals surface area contributed by atoms with Gasteiger partial charge in [-0.2, -0.15) is 5.26 Å². The van der Waals surface area contributed by atoms with Crippen LogP contribution in [-0.2, 0) is 13.0 Å². The fourth-order valence-corrected chi connectivity index (χ4v) is 2.34. The van der Waals surface area contributed by atoms with Gasteiger partial charge < -0.3 is 4.57 Å². The quantitative estimate of drug-likeness (QED) is 0.729. The highest BCUT2D eigenvalue weighted by Gasteiger charge is 2.11. The lowest BCUT2D eigenvalue weighted by Gasteiger charge is -2.09. The number of fused-ring (bicyclic) bond motifs is 1. The van der Waals surface area contributed by atoms with Crippen LogP contribution in [0.4, 0.5) is 0 Å². The molecule has 0 saturated carbocycles. The number of rotatable bonds is 3. The highest BCUT2D eigenvalue weighted by Crippen LogP contribution is 2.18. The number of nitrogens with zero attached hydrogens (tertiary/aromatic N) is 4. The summed E-state index contributed by atoms with van der Waals surface area (Å²) in [4.78, 5) is 8.97. The van der Waals surface area contributed by atoms with Crippen molar-refractivity contribution < 1.29 is 0 Å². The number of nitriles is 1. The van der Waals surface area contributed by atoms with Gasteiger partial charge in [-0.1, -0.05) is 18.2 Å². The summed E-state index contributed by atoms with van der Waals surface area (Å²) in [6.07, 6.45) is 2.10. The van der Waals surface area contributed by atoms with Crippen LogP contribution in [0.3, 0.4) is 0 Å². The molecular weight excluding hydrogens is 248 g/mol. The lowest BCUT2D eigenvalue weighted by atomic mass is 10.2. The van der Waals surface area contributed by atoms with E-state index in [4.69, 9.17) is 5.26 Å². The number of pyridine rings is 1. The highest BCUT2D eigenvalue weighted by atomic mass is 15.1. The second kappa shape index (κ2) is 5.14. The predicted molar refractivity (Wildman–Crippen MR) is 77.1 cm³/mol. The molecule has 0 aliphatic carbocycles. The van der Waals surface area contributed by atoms with Crippen LogP contribution in [0, 0.1) is 18.3 Å². The van der Waals surface area contributed by atoms with Crippen LogP contribution in [0.1, 0.15) is 17.1 Å². The number of hydrogen-bond acceptors (Lipinski definition) is 3. The smallest absolute Gasteiger partial charge is 0.124 e. The first-order chi connectivity index (χ1) is 9.79. The monoisotopic (exact) mass is 262 g/mol. The molecule has 4 heteroatoms. The summed E-state index contributed by atoms with van der Waals surface area (Å²) in [5, 5.41) is 8.97. The topological polar surface area (TPSA) is 54.5 Å². The van der Waals surface area contributed by atoms with Crippen LogP contribution in [0.2, 0.25) is 0 Å². The van der Waals surface area contributed by atoms with E-state index < -0.39 is 0 Å². The summed E-state index contributed by atoms with van der Waals surface area (Å²) in [6, 6.07) is 14.1. The van der Waals surface area contributed by atoms with Crippen molar-refractivity contribution in [2.75, 3.05) is 0 Å². The summed E-state index contributed by atoms with van der Waals surface area (Å²) in [7, 11) is 0. The zero-order chi connectivity index (χ0) is 13.9. The molecule has 0 amide bonds. The van der Waals surface area contributed by atoms with Gasteiger partial charge in [0, 0.05) is 6.20 Å². The maximum atomic E-state index is 8.97. The minimum absolute atomic E-state index is 0.306. The minimum atomic E-state index is 0.306. The molecule has 4 nitrogen and oxygen atoms in total. The van der Waals surface area contributed by atoms with Crippen molar-refractivity contribution in [2.24, 2.45) is 0 Å². The molecule has 0 spiro atoms. The van der Waals surface area contributed by atoms with Gasteiger partial charge in [0.25, 0.3) is 0 Å². The Kier molecular flexibility index (Phi) is 3.18. The number of para-hydroxylation sites is 2. The Bertz CT molecular complexity index is 796. The van der Waals surface area contributed by atoms with Crippen molar-refractivity contribution >= 4 is 11.0 Å². The summed E-state index contributed by atoms with van der Waals surface area (Å²) >= 11 is 0. The van der Waals surface area contributed by atoms with Crippen molar-refractivity contribution in [3.8, 4) is 6.07 Å². The summed E-state index contributed by atoms with van der Waals surface area (Å²) < 4.78 is 2.08. The Morgan fingerprint density at radius 1 is 1.20 bits per heavy atom. The molecule has 0 saturated heterocycles. The fraction of sp³-hybridized carbons (Fsp3) is 0.188. The fourth-order valence-electron chi connectivity index (χ4n) is 2.34. The van der Waals surface area contributed by atoms with Gasteiger partial charge in [0.2, 0.25) is 0 Å². The number of aromatic nitrogens is 3. The van der Waals surface area contributed by atoms with Crippen LogP contribution in [0.25, 0.3) is 11.0 Å². The summed E-state index contributed by atoms with van der Waals surface area (Å²) in [5.41, 5.74) is 4.12. The zero-order valence-corrected chi connectivity index (χ0v) is 11.2. The lowest BCUT2D eigenvalue weighted by molar-refractivity contribution is 0.745. The number of imidazole rings is 1. The second-order valence-electron chi connectivity index (χ2n) is 4.70. The van der Waals surface area contributed by atoms with E-state index >= 15 is 0 Å². The molecule has 2 heterocycles. The van der Waals surface area contributed by atoms with E-state index in [1.165, 1.54) is 0 Å². The molecule has 0 bridgehead atoms. The molecule has 0 fully saturated rings. The number of benzene rings is 1. The largest absolute Gasteiger partial charge is 0.321 e. The third-order valence-electron chi connectivity index (χ3n) is 3.40. The average molecular weight is 262 g/mol. The Labute approximate surface area is 117 Å². The van der Waals surface area contributed by atoms with Gasteiger partial charge in [-0.3, -0.25) is 4.98 Å². The molecule has 0 aliphatic rings. The molecule has 0 radical (unpaired) electrons. The predicted octanol–water partition coefficient (Wildman–Crippen LogP) is 2.85. The first kappa shape index (κ1) is 12.4. The number of aryl methyl sites for hydroxylation is 1. The van der Waals surface area contributed by atoms with E-state index in [0.717, 1.165) is 28.1 Å². The maximum Gasteiger partial charge on any atom is 0.124 e. The minimum Gasteiger partial charge on any atom is -0.321 e. The van der Waals surface area contributed by atoms with E-state index in [0.29, 0.717) is 13.0 Å². The van der Waals surface area contributed by atoms with E-state index in [1.54, 1.807) is 6.20 Å². The van der Waals surface area contributed by atoms with Gasteiger partial charge in [-0.15, -0.1) is 0 Å². The van der Waals surface area contributed by atoms with Gasteiger partial charge in [-0.25, -0.2) is 4.98 Å². The standard InChI is InChI=1S/C16H14N4/c1-12-5-4-10-18-14(12)11-20-15-7-3-2-6-13(15)19-16(20)8-9-17/h2-7,10H,8,11H2,1H3. The summed E-state index contributed by atoms with van der Waals surface area (Å²) in [5.74, 6) is 0.791. The van der Waals surface area contributed by atoms with Crippen molar-refractivity contribution in [1.82, 2.24) is 14.5 Å². The molecule has 20 heavy (non-hydrogen) atoms. The SMILES string of the molecule is Cc1cccnc1Cn1c(CC#N)nc2ccccc21. The highest BCUT2D eigenvalue weighted by molar-refractivity contribution is 5.76. The Hall–Kier alpha value is -2.67. The van der Waals surface area contributed by atoms with Crippen molar-refractivity contribution in [3.05, 3.63) is 59.7 Å². The molecule has 3 aromatic rings. The van der Waals surface area contributed by atoms with Crippen molar-refractivity contribution in [2.45, 2.75) is 19.9 Å². The molecule has 0 N–H and O–H groups in total. The first-order valence-electron chi connectivity index (χ1n) is 6.51. The molecule has 0 aliphatic heterocycles. The van der Waals surface area contributed by atoms with Crippen LogP contribution >= 0.6 is 0 Å². The van der Waals surface area contributed by atoms with Gasteiger partial charge in [0.05, 0.1) is 35.8 Å². The Morgan fingerprint density at radius 3 is 2.85 bits per heavy atom. The molecule has 0 atom stereocenters. The van der Waals surface area contributed by atoms with E-state index in [2.05, 4.69) is 20.6 Å². The molecule has 98 valence electrons. The van der Waals surface area contributed by atoms with Crippen LogP contribution < -0.4 is 0 Å². The van der Waals surface area contributed by atoms with E-state index in [-0.39, 0.29) is 0 Å². The second-order valence-corrected chi connectivity index (χ2v) is 4.70. The van der Waals surface area contributed by atoms with Crippen molar-refractivity contribution in [3.63, 3.8) is 0 Å². The van der Waals surface area contributed by atoms with Gasteiger partial charge >= 0.3 is 0 Å². The average Bonchev–Trinajstić information content (AvgIpc) is 2.80. The van der Waals surface area contributed by atoms with Crippen LogP contribution in [-0.4, -0.2) is 14.5 Å². The lowest BCUT2D eigenvalue weighted by Crippen LogP contribution is -2.07. The van der Waals surface area contributed by atoms with Gasteiger partial charge in [0.1, 0.15) is 5.82 Å². The van der Waals surface area contributed by atoms with Crippen LogP contribution in [0.15, 0.2) is 42.6 Å². The Morgan fingerprint density at radius 2 is 2.05 bits per heavy atom. The van der Waals surface area contributed by atoms with Gasteiger partial charge in [0.15, 0.2) is 0 Å². The summed E-state index contributed by atoms with van der Waals surface area (Å²) in [6.45, 7) is 2.69. The maximum absolute atomic E-state index is 8.97. The third-order valence-corrected chi connectivity index (χ3v) is 3.40. The molecular formula is C16H14N4. The zero-order valence-electron chi connectivity index (χ0n) is 11.2. The van der Waals surface area contributed by atoms with Crippen molar-refractivity contribution in [1.29, 1.82) is 5.26 Å². The molecule has 3 rings (SSSR count). The first-order valence-corrected chi connectivity index (χ1v) is 6.51. The third kappa shape index (κ3) is 2.14.